The summed E-state index contributed by atoms with van der Waals surface area (Å²) in [5.41, 5.74) is 5.99. The fourth-order valence-corrected chi connectivity index (χ4v) is 3.22. The monoisotopic (exact) mass is 226 g/mol. The summed E-state index contributed by atoms with van der Waals surface area (Å²) in [5, 5.41) is 0. The maximum atomic E-state index is 5.99. The van der Waals surface area contributed by atoms with Crippen molar-refractivity contribution in [2.75, 3.05) is 32.8 Å². The Labute approximate surface area is 99.3 Å². The third-order valence-electron chi connectivity index (χ3n) is 4.36. The zero-order valence-electron chi connectivity index (χ0n) is 10.5. The van der Waals surface area contributed by atoms with Crippen molar-refractivity contribution < 1.29 is 4.74 Å². The lowest BCUT2D eigenvalue weighted by Crippen LogP contribution is -2.51. The fourth-order valence-electron chi connectivity index (χ4n) is 3.22. The molecule has 3 heteroatoms. The van der Waals surface area contributed by atoms with Gasteiger partial charge in [-0.15, -0.1) is 0 Å². The number of hydrogen-bond acceptors (Lipinski definition) is 3. The Morgan fingerprint density at radius 3 is 2.38 bits per heavy atom. The van der Waals surface area contributed by atoms with Crippen molar-refractivity contribution in [1.82, 2.24) is 4.90 Å². The van der Waals surface area contributed by atoms with Gasteiger partial charge in [-0.05, 0) is 24.7 Å². The average molecular weight is 226 g/mol. The molecule has 0 radical (unpaired) electrons. The highest BCUT2D eigenvalue weighted by Gasteiger charge is 2.30. The first-order valence-corrected chi connectivity index (χ1v) is 6.83. The summed E-state index contributed by atoms with van der Waals surface area (Å²) in [6.07, 6.45) is 5.54. The number of hydrogen-bond donors (Lipinski definition) is 1. The van der Waals surface area contributed by atoms with Gasteiger partial charge in [0, 0.05) is 25.7 Å². The zero-order chi connectivity index (χ0) is 11.4. The minimum Gasteiger partial charge on any atom is -0.379 e. The van der Waals surface area contributed by atoms with Gasteiger partial charge in [-0.2, -0.15) is 0 Å². The summed E-state index contributed by atoms with van der Waals surface area (Å²) < 4.78 is 5.42. The summed E-state index contributed by atoms with van der Waals surface area (Å²) in [4.78, 5) is 2.56. The molecule has 2 rings (SSSR count). The molecule has 0 amide bonds. The van der Waals surface area contributed by atoms with Crippen molar-refractivity contribution in [1.29, 1.82) is 0 Å². The molecule has 16 heavy (non-hydrogen) atoms. The lowest BCUT2D eigenvalue weighted by Gasteiger charge is -2.40. The van der Waals surface area contributed by atoms with Gasteiger partial charge in [-0.3, -0.25) is 4.90 Å². The highest BCUT2D eigenvalue weighted by atomic mass is 16.5. The molecule has 1 saturated heterocycles. The van der Waals surface area contributed by atoms with Crippen molar-refractivity contribution in [3.05, 3.63) is 0 Å². The van der Waals surface area contributed by atoms with E-state index in [9.17, 15) is 0 Å². The predicted molar refractivity (Wildman–Crippen MR) is 66.4 cm³/mol. The van der Waals surface area contributed by atoms with Crippen molar-refractivity contribution in [3.63, 3.8) is 0 Å². The third kappa shape index (κ3) is 2.96. The standard InChI is InChI=1S/C13H26N2O/c1-11-2-4-12(5-3-11)13(10-14)15-6-8-16-9-7-15/h11-13H,2-10,14H2,1H3. The fraction of sp³-hybridized carbons (Fsp3) is 1.00. The van der Waals surface area contributed by atoms with Gasteiger partial charge < -0.3 is 10.5 Å². The van der Waals surface area contributed by atoms with Crippen LogP contribution in [-0.2, 0) is 4.74 Å². The molecule has 1 heterocycles. The second-order valence-corrected chi connectivity index (χ2v) is 5.47. The predicted octanol–water partition coefficient (Wildman–Crippen LogP) is 1.47. The van der Waals surface area contributed by atoms with Crippen LogP contribution in [0.4, 0.5) is 0 Å². The van der Waals surface area contributed by atoms with Gasteiger partial charge in [0.2, 0.25) is 0 Å². The smallest absolute Gasteiger partial charge is 0.0594 e. The first-order valence-electron chi connectivity index (χ1n) is 6.83. The minimum absolute atomic E-state index is 0.608. The first kappa shape index (κ1) is 12.3. The molecule has 1 aliphatic carbocycles. The van der Waals surface area contributed by atoms with Crippen LogP contribution in [-0.4, -0.2) is 43.8 Å². The lowest BCUT2D eigenvalue weighted by molar-refractivity contribution is -0.00144. The van der Waals surface area contributed by atoms with Gasteiger partial charge in [-0.1, -0.05) is 19.8 Å². The molecule has 1 aliphatic heterocycles. The van der Waals surface area contributed by atoms with E-state index in [2.05, 4.69) is 11.8 Å². The van der Waals surface area contributed by atoms with Gasteiger partial charge in [-0.25, -0.2) is 0 Å². The molecule has 0 aromatic heterocycles. The van der Waals surface area contributed by atoms with Crippen LogP contribution in [0.2, 0.25) is 0 Å². The topological polar surface area (TPSA) is 38.5 Å². The van der Waals surface area contributed by atoms with E-state index in [1.165, 1.54) is 25.7 Å². The highest BCUT2D eigenvalue weighted by Crippen LogP contribution is 2.32. The molecule has 2 N–H and O–H groups in total. The normalized spacial score (nSPS) is 34.9. The van der Waals surface area contributed by atoms with Crippen LogP contribution in [0.25, 0.3) is 0 Å². The second-order valence-electron chi connectivity index (χ2n) is 5.47. The van der Waals surface area contributed by atoms with E-state index in [0.29, 0.717) is 6.04 Å². The van der Waals surface area contributed by atoms with Crippen LogP contribution < -0.4 is 5.73 Å². The van der Waals surface area contributed by atoms with E-state index in [1.54, 1.807) is 0 Å². The van der Waals surface area contributed by atoms with Crippen molar-refractivity contribution in [3.8, 4) is 0 Å². The molecular weight excluding hydrogens is 200 g/mol. The van der Waals surface area contributed by atoms with Gasteiger partial charge in [0.25, 0.3) is 0 Å². The molecular formula is C13H26N2O. The Kier molecular flexibility index (Phi) is 4.62. The maximum absolute atomic E-state index is 5.99. The van der Waals surface area contributed by atoms with E-state index in [4.69, 9.17) is 10.5 Å². The Morgan fingerprint density at radius 2 is 1.81 bits per heavy atom. The molecule has 0 spiro atoms. The van der Waals surface area contributed by atoms with Gasteiger partial charge in [0.1, 0.15) is 0 Å². The number of nitrogens with two attached hydrogens (primary N) is 1. The SMILES string of the molecule is CC1CCC(C(CN)N2CCOCC2)CC1. The quantitative estimate of drug-likeness (QED) is 0.792. The summed E-state index contributed by atoms with van der Waals surface area (Å²) in [6, 6.07) is 0.608. The van der Waals surface area contributed by atoms with Gasteiger partial charge in [0.15, 0.2) is 0 Å². The first-order chi connectivity index (χ1) is 7.81. The van der Waals surface area contributed by atoms with Crippen LogP contribution in [0.5, 0.6) is 0 Å². The highest BCUT2D eigenvalue weighted by molar-refractivity contribution is 4.84. The van der Waals surface area contributed by atoms with Gasteiger partial charge in [0.05, 0.1) is 13.2 Å². The lowest BCUT2D eigenvalue weighted by atomic mass is 9.78. The molecule has 1 unspecified atom stereocenters. The largest absolute Gasteiger partial charge is 0.379 e. The number of rotatable bonds is 3. The zero-order valence-corrected chi connectivity index (χ0v) is 10.5. The van der Waals surface area contributed by atoms with Crippen molar-refractivity contribution in [2.45, 2.75) is 38.6 Å². The molecule has 1 saturated carbocycles. The summed E-state index contributed by atoms with van der Waals surface area (Å²) in [7, 11) is 0. The molecule has 2 fully saturated rings. The van der Waals surface area contributed by atoms with E-state index >= 15 is 0 Å². The number of nitrogens with zero attached hydrogens (tertiary/aromatic N) is 1. The van der Waals surface area contributed by atoms with E-state index in [-0.39, 0.29) is 0 Å². The van der Waals surface area contributed by atoms with Crippen LogP contribution >= 0.6 is 0 Å². The molecule has 0 aromatic rings. The number of ether oxygens (including phenoxy) is 1. The van der Waals surface area contributed by atoms with E-state index < -0.39 is 0 Å². The van der Waals surface area contributed by atoms with E-state index in [1.807, 2.05) is 0 Å². The second kappa shape index (κ2) is 5.99. The molecule has 3 nitrogen and oxygen atoms in total. The summed E-state index contributed by atoms with van der Waals surface area (Å²) in [5.74, 6) is 1.76. The summed E-state index contributed by atoms with van der Waals surface area (Å²) in [6.45, 7) is 7.13. The van der Waals surface area contributed by atoms with Crippen LogP contribution in [0.15, 0.2) is 0 Å². The maximum Gasteiger partial charge on any atom is 0.0594 e. The van der Waals surface area contributed by atoms with Gasteiger partial charge >= 0.3 is 0 Å². The molecule has 1 atom stereocenters. The minimum atomic E-state index is 0.608. The molecule has 94 valence electrons. The van der Waals surface area contributed by atoms with Crippen molar-refractivity contribution >= 4 is 0 Å². The Hall–Kier alpha value is -0.120. The average Bonchev–Trinajstić information content (AvgIpc) is 2.34. The Bertz CT molecular complexity index is 196. The van der Waals surface area contributed by atoms with Crippen LogP contribution in [0.3, 0.4) is 0 Å². The number of morpholine rings is 1. The molecule has 0 aromatic carbocycles. The molecule has 0 bridgehead atoms. The Morgan fingerprint density at radius 1 is 1.19 bits per heavy atom. The van der Waals surface area contributed by atoms with Crippen LogP contribution in [0, 0.1) is 11.8 Å². The molecule has 2 aliphatic rings. The Balaban J connectivity index is 1.88. The third-order valence-corrected chi connectivity index (χ3v) is 4.36. The van der Waals surface area contributed by atoms with Crippen LogP contribution in [0.1, 0.15) is 32.6 Å². The van der Waals surface area contributed by atoms with Crippen molar-refractivity contribution in [2.24, 2.45) is 17.6 Å². The van der Waals surface area contributed by atoms with E-state index in [0.717, 1.165) is 44.7 Å². The summed E-state index contributed by atoms with van der Waals surface area (Å²) >= 11 is 0.